The standard InChI is InChI=1S/C18H21BrN4O3/c1-13-21-16(23-6-9-25-10-7-23)12-17(22-13)26-8-5-20-18(24)14-3-2-4-15(19)11-14/h2-4,11-12H,5-10H2,1H3,(H,20,24). The predicted molar refractivity (Wildman–Crippen MR) is 102 cm³/mol. The van der Waals surface area contributed by atoms with Crippen LogP contribution in [0.2, 0.25) is 0 Å². The van der Waals surface area contributed by atoms with Crippen LogP contribution in [0, 0.1) is 6.92 Å². The second kappa shape index (κ2) is 8.95. The molecular formula is C18H21BrN4O3. The Morgan fingerprint density at radius 1 is 1.31 bits per heavy atom. The van der Waals surface area contributed by atoms with Crippen LogP contribution in [0.25, 0.3) is 0 Å². The maximum Gasteiger partial charge on any atom is 0.251 e. The van der Waals surface area contributed by atoms with Crippen LogP contribution >= 0.6 is 15.9 Å². The van der Waals surface area contributed by atoms with Crippen LogP contribution in [0.1, 0.15) is 16.2 Å². The summed E-state index contributed by atoms with van der Waals surface area (Å²) in [5.41, 5.74) is 0.604. The fraction of sp³-hybridized carbons (Fsp3) is 0.389. The molecule has 0 unspecified atom stereocenters. The highest BCUT2D eigenvalue weighted by atomic mass is 79.9. The van der Waals surface area contributed by atoms with Crippen molar-refractivity contribution in [3.05, 3.63) is 46.2 Å². The Bertz CT molecular complexity index is 766. The van der Waals surface area contributed by atoms with Crippen molar-refractivity contribution in [1.29, 1.82) is 0 Å². The Morgan fingerprint density at radius 2 is 2.12 bits per heavy atom. The second-order valence-corrected chi connectivity index (χ2v) is 6.74. The molecule has 26 heavy (non-hydrogen) atoms. The number of carbonyl (C=O) groups excluding carboxylic acids is 1. The lowest BCUT2D eigenvalue weighted by Crippen LogP contribution is -2.37. The van der Waals surface area contributed by atoms with Gasteiger partial charge < -0.3 is 19.7 Å². The highest BCUT2D eigenvalue weighted by molar-refractivity contribution is 9.10. The summed E-state index contributed by atoms with van der Waals surface area (Å²) >= 11 is 3.36. The van der Waals surface area contributed by atoms with E-state index in [0.29, 0.717) is 43.6 Å². The van der Waals surface area contributed by atoms with Crippen molar-refractivity contribution in [3.63, 3.8) is 0 Å². The monoisotopic (exact) mass is 420 g/mol. The third kappa shape index (κ3) is 5.15. The number of ether oxygens (including phenoxy) is 2. The molecule has 1 amide bonds. The third-order valence-corrected chi connectivity index (χ3v) is 4.35. The molecule has 7 nitrogen and oxygen atoms in total. The van der Waals surface area contributed by atoms with Gasteiger partial charge in [-0.2, -0.15) is 4.98 Å². The molecule has 1 saturated heterocycles. The van der Waals surface area contributed by atoms with Crippen molar-refractivity contribution in [2.45, 2.75) is 6.92 Å². The van der Waals surface area contributed by atoms with E-state index >= 15 is 0 Å². The maximum absolute atomic E-state index is 12.1. The van der Waals surface area contributed by atoms with Gasteiger partial charge in [-0.25, -0.2) is 4.98 Å². The molecule has 1 aliphatic rings. The minimum Gasteiger partial charge on any atom is -0.476 e. The minimum atomic E-state index is -0.136. The smallest absolute Gasteiger partial charge is 0.251 e. The van der Waals surface area contributed by atoms with Crippen molar-refractivity contribution < 1.29 is 14.3 Å². The number of carbonyl (C=O) groups is 1. The zero-order valence-corrected chi connectivity index (χ0v) is 16.2. The summed E-state index contributed by atoms with van der Waals surface area (Å²) in [6.45, 7) is 5.56. The molecule has 0 atom stereocenters. The van der Waals surface area contributed by atoms with Gasteiger partial charge in [-0.15, -0.1) is 0 Å². The highest BCUT2D eigenvalue weighted by Gasteiger charge is 2.14. The van der Waals surface area contributed by atoms with E-state index in [-0.39, 0.29) is 5.91 Å². The number of halogens is 1. The van der Waals surface area contributed by atoms with Gasteiger partial charge in [0.05, 0.1) is 19.8 Å². The Morgan fingerprint density at radius 3 is 2.88 bits per heavy atom. The van der Waals surface area contributed by atoms with Crippen molar-refractivity contribution in [2.75, 3.05) is 44.4 Å². The SMILES string of the molecule is Cc1nc(OCCNC(=O)c2cccc(Br)c2)cc(N2CCOCC2)n1. The molecule has 1 aromatic heterocycles. The van der Waals surface area contributed by atoms with Gasteiger partial charge in [0, 0.05) is 29.2 Å². The zero-order valence-electron chi connectivity index (χ0n) is 14.6. The average molecular weight is 421 g/mol. The zero-order chi connectivity index (χ0) is 18.4. The van der Waals surface area contributed by atoms with Gasteiger partial charge in [-0.05, 0) is 25.1 Å². The minimum absolute atomic E-state index is 0.136. The van der Waals surface area contributed by atoms with Crippen molar-refractivity contribution in [3.8, 4) is 5.88 Å². The van der Waals surface area contributed by atoms with Gasteiger partial charge in [-0.1, -0.05) is 22.0 Å². The number of benzene rings is 1. The molecule has 1 fully saturated rings. The molecular weight excluding hydrogens is 400 g/mol. The first-order chi connectivity index (χ1) is 12.6. The summed E-state index contributed by atoms with van der Waals surface area (Å²) in [4.78, 5) is 23.0. The first-order valence-electron chi connectivity index (χ1n) is 8.47. The molecule has 0 radical (unpaired) electrons. The summed E-state index contributed by atoms with van der Waals surface area (Å²) in [5, 5.41) is 2.83. The Kier molecular flexibility index (Phi) is 6.40. The van der Waals surface area contributed by atoms with E-state index in [1.54, 1.807) is 12.1 Å². The quantitative estimate of drug-likeness (QED) is 0.721. The molecule has 1 N–H and O–H groups in total. The molecule has 1 aromatic carbocycles. The van der Waals surface area contributed by atoms with Crippen LogP contribution in [-0.2, 0) is 4.74 Å². The van der Waals surface area contributed by atoms with Crippen LogP contribution in [-0.4, -0.2) is 55.3 Å². The van der Waals surface area contributed by atoms with Crippen LogP contribution in [0.5, 0.6) is 5.88 Å². The van der Waals surface area contributed by atoms with E-state index in [1.807, 2.05) is 25.1 Å². The lowest BCUT2D eigenvalue weighted by atomic mass is 10.2. The topological polar surface area (TPSA) is 76.6 Å². The molecule has 3 rings (SSSR count). The van der Waals surface area contributed by atoms with E-state index in [1.165, 1.54) is 0 Å². The van der Waals surface area contributed by atoms with Gasteiger partial charge in [0.15, 0.2) is 0 Å². The average Bonchev–Trinajstić information content (AvgIpc) is 2.65. The largest absolute Gasteiger partial charge is 0.476 e. The fourth-order valence-electron chi connectivity index (χ4n) is 2.61. The number of nitrogens with zero attached hydrogens (tertiary/aromatic N) is 3. The first kappa shape index (κ1) is 18.6. The molecule has 0 saturated carbocycles. The number of rotatable bonds is 6. The van der Waals surface area contributed by atoms with Gasteiger partial charge in [-0.3, -0.25) is 4.79 Å². The summed E-state index contributed by atoms with van der Waals surface area (Å²) in [7, 11) is 0. The van der Waals surface area contributed by atoms with E-state index in [2.05, 4.69) is 36.1 Å². The summed E-state index contributed by atoms with van der Waals surface area (Å²) in [6, 6.07) is 9.08. The summed E-state index contributed by atoms with van der Waals surface area (Å²) in [6.07, 6.45) is 0. The number of amides is 1. The van der Waals surface area contributed by atoms with Gasteiger partial charge in [0.2, 0.25) is 5.88 Å². The molecule has 1 aliphatic heterocycles. The van der Waals surface area contributed by atoms with Gasteiger partial charge in [0.25, 0.3) is 5.91 Å². The van der Waals surface area contributed by atoms with E-state index in [0.717, 1.165) is 23.4 Å². The lowest BCUT2D eigenvalue weighted by molar-refractivity contribution is 0.0946. The molecule has 0 spiro atoms. The normalized spacial score (nSPS) is 14.2. The molecule has 8 heteroatoms. The Hall–Kier alpha value is -2.19. The molecule has 138 valence electrons. The van der Waals surface area contributed by atoms with Crippen LogP contribution in [0.15, 0.2) is 34.8 Å². The Labute approximate surface area is 160 Å². The van der Waals surface area contributed by atoms with Crippen LogP contribution in [0.4, 0.5) is 5.82 Å². The first-order valence-corrected chi connectivity index (χ1v) is 9.26. The predicted octanol–water partition coefficient (Wildman–Crippen LogP) is 2.19. The number of aromatic nitrogens is 2. The number of hydrogen-bond acceptors (Lipinski definition) is 6. The maximum atomic E-state index is 12.1. The van der Waals surface area contributed by atoms with Crippen molar-refractivity contribution in [2.24, 2.45) is 0 Å². The number of morpholine rings is 1. The number of aryl methyl sites for hydroxylation is 1. The van der Waals surface area contributed by atoms with Gasteiger partial charge in [0.1, 0.15) is 18.2 Å². The lowest BCUT2D eigenvalue weighted by Gasteiger charge is -2.28. The second-order valence-electron chi connectivity index (χ2n) is 5.83. The molecule has 2 aromatic rings. The number of anilines is 1. The molecule has 2 heterocycles. The van der Waals surface area contributed by atoms with Crippen molar-refractivity contribution in [1.82, 2.24) is 15.3 Å². The van der Waals surface area contributed by atoms with Crippen molar-refractivity contribution >= 4 is 27.7 Å². The van der Waals surface area contributed by atoms with Crippen LogP contribution < -0.4 is 15.0 Å². The molecule has 0 bridgehead atoms. The van der Waals surface area contributed by atoms with Crippen LogP contribution in [0.3, 0.4) is 0 Å². The number of nitrogens with one attached hydrogen (secondary N) is 1. The van der Waals surface area contributed by atoms with E-state index in [9.17, 15) is 4.79 Å². The number of hydrogen-bond donors (Lipinski definition) is 1. The highest BCUT2D eigenvalue weighted by Crippen LogP contribution is 2.18. The van der Waals surface area contributed by atoms with E-state index in [4.69, 9.17) is 9.47 Å². The Balaban J connectivity index is 1.51. The van der Waals surface area contributed by atoms with Gasteiger partial charge >= 0.3 is 0 Å². The fourth-order valence-corrected chi connectivity index (χ4v) is 3.00. The summed E-state index contributed by atoms with van der Waals surface area (Å²) in [5.74, 6) is 1.87. The third-order valence-electron chi connectivity index (χ3n) is 3.86. The van der Waals surface area contributed by atoms with E-state index < -0.39 is 0 Å². The molecule has 0 aliphatic carbocycles. The summed E-state index contributed by atoms with van der Waals surface area (Å²) < 4.78 is 11.9.